The zero-order valence-corrected chi connectivity index (χ0v) is 16.4. The van der Waals surface area contributed by atoms with Crippen LogP contribution in [0.2, 0.25) is 0 Å². The number of hydrogen-bond acceptors (Lipinski definition) is 3. The van der Waals surface area contributed by atoms with E-state index in [4.69, 9.17) is 0 Å². The number of likely N-dealkylation sites (tertiary alicyclic amines) is 1. The van der Waals surface area contributed by atoms with E-state index in [1.807, 2.05) is 39.5 Å². The van der Waals surface area contributed by atoms with Gasteiger partial charge in [0.2, 0.25) is 5.91 Å². The number of nitrogens with zero attached hydrogens (tertiary/aromatic N) is 4. The molecule has 1 saturated heterocycles. The molecule has 27 heavy (non-hydrogen) atoms. The number of nitrogens with one attached hydrogen (secondary N) is 1. The minimum Gasteiger partial charge on any atom is -0.339 e. The number of imidazole rings is 1. The standard InChI is InChI=1S/C21H27N5O/c1-14-7-15(12-26(14)20(27)21(2,3)4)11-25-13-22-18-8-16(5-6-19(18)25)17-9-23-24-10-17/h5-6,8-10,13-15H,7,11-12H2,1-4H3,(H,23,24)/t14-,15-/m1/s1. The Morgan fingerprint density at radius 1 is 1.30 bits per heavy atom. The number of benzene rings is 1. The molecule has 2 atom stereocenters. The molecule has 0 bridgehead atoms. The van der Waals surface area contributed by atoms with Crippen LogP contribution in [0.5, 0.6) is 0 Å². The number of carbonyl (C=O) groups is 1. The average Bonchev–Trinajstić information content (AvgIpc) is 3.34. The lowest BCUT2D eigenvalue weighted by atomic mass is 9.94. The van der Waals surface area contributed by atoms with Crippen LogP contribution in [-0.4, -0.2) is 43.1 Å². The number of amides is 1. The predicted octanol–water partition coefficient (Wildman–Crippen LogP) is 3.71. The number of carbonyl (C=O) groups excluding carboxylic acids is 1. The summed E-state index contributed by atoms with van der Waals surface area (Å²) in [6.45, 7) is 9.86. The van der Waals surface area contributed by atoms with Gasteiger partial charge >= 0.3 is 0 Å². The largest absolute Gasteiger partial charge is 0.339 e. The van der Waals surface area contributed by atoms with Crippen molar-refractivity contribution in [1.29, 1.82) is 0 Å². The Morgan fingerprint density at radius 3 is 2.81 bits per heavy atom. The maximum absolute atomic E-state index is 12.7. The number of fused-ring (bicyclic) bond motifs is 1. The Bertz CT molecular complexity index is 951. The van der Waals surface area contributed by atoms with E-state index in [9.17, 15) is 4.79 Å². The highest BCUT2D eigenvalue weighted by Gasteiger charge is 2.37. The molecular formula is C21H27N5O. The van der Waals surface area contributed by atoms with Gasteiger partial charge in [-0.05, 0) is 37.0 Å². The average molecular weight is 365 g/mol. The van der Waals surface area contributed by atoms with Gasteiger partial charge < -0.3 is 9.47 Å². The van der Waals surface area contributed by atoms with Crippen LogP contribution in [0.1, 0.15) is 34.1 Å². The molecule has 142 valence electrons. The van der Waals surface area contributed by atoms with Gasteiger partial charge in [0.15, 0.2) is 0 Å². The quantitative estimate of drug-likeness (QED) is 0.769. The normalized spacial score (nSPS) is 20.5. The fourth-order valence-electron chi connectivity index (χ4n) is 4.06. The second kappa shape index (κ2) is 6.51. The highest BCUT2D eigenvalue weighted by molar-refractivity contribution is 5.82. The van der Waals surface area contributed by atoms with Gasteiger partial charge in [0, 0.05) is 36.3 Å². The van der Waals surface area contributed by atoms with Crippen molar-refractivity contribution in [1.82, 2.24) is 24.6 Å². The molecule has 6 nitrogen and oxygen atoms in total. The van der Waals surface area contributed by atoms with E-state index >= 15 is 0 Å². The topological polar surface area (TPSA) is 66.8 Å². The second-order valence-electron chi connectivity index (χ2n) is 8.75. The summed E-state index contributed by atoms with van der Waals surface area (Å²) in [5, 5.41) is 6.86. The van der Waals surface area contributed by atoms with Crippen molar-refractivity contribution in [2.24, 2.45) is 11.3 Å². The van der Waals surface area contributed by atoms with Crippen LogP contribution in [0.4, 0.5) is 0 Å². The molecule has 6 heteroatoms. The van der Waals surface area contributed by atoms with Crippen LogP contribution in [0.25, 0.3) is 22.2 Å². The summed E-state index contributed by atoms with van der Waals surface area (Å²) in [4.78, 5) is 19.3. The molecule has 1 aliphatic heterocycles. The third-order valence-electron chi connectivity index (χ3n) is 5.47. The van der Waals surface area contributed by atoms with Gasteiger partial charge in [-0.15, -0.1) is 0 Å². The van der Waals surface area contributed by atoms with Crippen LogP contribution in [0.3, 0.4) is 0 Å². The molecule has 3 heterocycles. The summed E-state index contributed by atoms with van der Waals surface area (Å²) in [7, 11) is 0. The molecule has 2 aromatic heterocycles. The van der Waals surface area contributed by atoms with Crippen LogP contribution in [0, 0.1) is 11.3 Å². The lowest BCUT2D eigenvalue weighted by Crippen LogP contribution is -2.41. The van der Waals surface area contributed by atoms with E-state index < -0.39 is 0 Å². The van der Waals surface area contributed by atoms with Gasteiger partial charge in [-0.1, -0.05) is 26.8 Å². The fraction of sp³-hybridized carbons (Fsp3) is 0.476. The number of rotatable bonds is 3. The van der Waals surface area contributed by atoms with Gasteiger partial charge in [0.25, 0.3) is 0 Å². The Labute approximate surface area is 159 Å². The van der Waals surface area contributed by atoms with E-state index in [2.05, 4.69) is 49.8 Å². The number of H-pyrrole nitrogens is 1. The Morgan fingerprint density at radius 2 is 2.11 bits per heavy atom. The summed E-state index contributed by atoms with van der Waals surface area (Å²) in [5.41, 5.74) is 3.97. The molecule has 3 aromatic rings. The highest BCUT2D eigenvalue weighted by Crippen LogP contribution is 2.30. The van der Waals surface area contributed by atoms with E-state index in [0.717, 1.165) is 41.7 Å². The maximum Gasteiger partial charge on any atom is 0.228 e. The van der Waals surface area contributed by atoms with Crippen LogP contribution in [0.15, 0.2) is 36.9 Å². The molecule has 0 aliphatic carbocycles. The number of aromatic amines is 1. The smallest absolute Gasteiger partial charge is 0.228 e. The monoisotopic (exact) mass is 365 g/mol. The third kappa shape index (κ3) is 3.36. The fourth-order valence-corrected chi connectivity index (χ4v) is 4.06. The van der Waals surface area contributed by atoms with Gasteiger partial charge in [-0.3, -0.25) is 9.89 Å². The molecule has 0 unspecified atom stereocenters. The Hall–Kier alpha value is -2.63. The molecule has 1 aromatic carbocycles. The molecule has 1 N–H and O–H groups in total. The van der Waals surface area contributed by atoms with Crippen molar-refractivity contribution in [2.75, 3.05) is 6.54 Å². The SMILES string of the molecule is C[C@@H]1C[C@H](Cn2cnc3cc(-c4cn[nH]c4)ccc32)CN1C(=O)C(C)(C)C. The highest BCUT2D eigenvalue weighted by atomic mass is 16.2. The first-order valence-electron chi connectivity index (χ1n) is 9.58. The minimum atomic E-state index is -0.325. The summed E-state index contributed by atoms with van der Waals surface area (Å²) < 4.78 is 2.22. The molecular weight excluding hydrogens is 338 g/mol. The first-order valence-corrected chi connectivity index (χ1v) is 9.58. The van der Waals surface area contributed by atoms with Crippen LogP contribution >= 0.6 is 0 Å². The van der Waals surface area contributed by atoms with Gasteiger partial charge in [0.1, 0.15) is 0 Å². The Balaban J connectivity index is 1.52. The summed E-state index contributed by atoms with van der Waals surface area (Å²) >= 11 is 0. The summed E-state index contributed by atoms with van der Waals surface area (Å²) in [5.74, 6) is 0.704. The van der Waals surface area contributed by atoms with Crippen LogP contribution < -0.4 is 0 Å². The van der Waals surface area contributed by atoms with Gasteiger partial charge in [-0.25, -0.2) is 4.98 Å². The molecule has 0 radical (unpaired) electrons. The minimum absolute atomic E-state index is 0.248. The molecule has 1 fully saturated rings. The first-order chi connectivity index (χ1) is 12.8. The van der Waals surface area contributed by atoms with E-state index in [1.54, 1.807) is 0 Å². The number of hydrogen-bond donors (Lipinski definition) is 1. The van der Waals surface area contributed by atoms with Crippen molar-refractivity contribution in [3.05, 3.63) is 36.9 Å². The molecule has 0 spiro atoms. The zero-order valence-electron chi connectivity index (χ0n) is 16.4. The van der Waals surface area contributed by atoms with Gasteiger partial charge in [-0.2, -0.15) is 5.10 Å². The van der Waals surface area contributed by atoms with Crippen molar-refractivity contribution in [3.63, 3.8) is 0 Å². The first kappa shape index (κ1) is 17.8. The van der Waals surface area contributed by atoms with Crippen molar-refractivity contribution in [2.45, 2.75) is 46.7 Å². The molecule has 0 saturated carbocycles. The van der Waals surface area contributed by atoms with Crippen molar-refractivity contribution < 1.29 is 4.79 Å². The second-order valence-corrected chi connectivity index (χ2v) is 8.75. The Kier molecular flexibility index (Phi) is 4.29. The van der Waals surface area contributed by atoms with E-state index in [1.165, 1.54) is 0 Å². The lowest BCUT2D eigenvalue weighted by molar-refractivity contribution is -0.140. The summed E-state index contributed by atoms with van der Waals surface area (Å²) in [6, 6.07) is 6.63. The van der Waals surface area contributed by atoms with E-state index in [0.29, 0.717) is 12.0 Å². The molecule has 1 aliphatic rings. The predicted molar refractivity (Wildman–Crippen MR) is 106 cm³/mol. The van der Waals surface area contributed by atoms with Crippen LogP contribution in [-0.2, 0) is 11.3 Å². The number of aromatic nitrogens is 4. The van der Waals surface area contributed by atoms with Crippen molar-refractivity contribution in [3.8, 4) is 11.1 Å². The summed E-state index contributed by atoms with van der Waals surface area (Å²) in [6.07, 6.45) is 6.66. The van der Waals surface area contributed by atoms with Gasteiger partial charge in [0.05, 0.1) is 23.6 Å². The van der Waals surface area contributed by atoms with E-state index in [-0.39, 0.29) is 11.3 Å². The zero-order chi connectivity index (χ0) is 19.2. The lowest BCUT2D eigenvalue weighted by Gasteiger charge is -2.29. The van der Waals surface area contributed by atoms with Crippen molar-refractivity contribution >= 4 is 16.9 Å². The molecule has 4 rings (SSSR count). The molecule has 1 amide bonds. The third-order valence-corrected chi connectivity index (χ3v) is 5.47. The maximum atomic E-state index is 12.7.